The minimum atomic E-state index is -0.148. The summed E-state index contributed by atoms with van der Waals surface area (Å²) in [5, 5.41) is 3.46. The van der Waals surface area contributed by atoms with Crippen LogP contribution in [0.2, 0.25) is 0 Å². The van der Waals surface area contributed by atoms with Gasteiger partial charge < -0.3 is 15.5 Å². The van der Waals surface area contributed by atoms with E-state index in [1.165, 1.54) is 0 Å². The summed E-state index contributed by atoms with van der Waals surface area (Å²) in [6, 6.07) is 0.182. The summed E-state index contributed by atoms with van der Waals surface area (Å²) in [5.74, 6) is 8.22. The molecule has 21 heavy (non-hydrogen) atoms. The Hall–Kier alpha value is -1.40. The molecule has 120 valence electrons. The van der Waals surface area contributed by atoms with E-state index >= 15 is 0 Å². The monoisotopic (exact) mass is 295 g/mol. The van der Waals surface area contributed by atoms with Crippen molar-refractivity contribution in [1.82, 2.24) is 9.97 Å². The standard InChI is InChI=1S/C15H29N5O/c1-9(2)11(8-21-7)17-12-10(3)13(20-16)19-14(18-12)15(4,5)6/h9,11H,8,16H2,1-7H3,(H2,17,18,19,20). The van der Waals surface area contributed by atoms with Crippen LogP contribution in [0.5, 0.6) is 0 Å². The van der Waals surface area contributed by atoms with E-state index in [1.54, 1.807) is 7.11 Å². The predicted molar refractivity (Wildman–Crippen MR) is 87.4 cm³/mol. The van der Waals surface area contributed by atoms with E-state index in [1.807, 2.05) is 6.92 Å². The van der Waals surface area contributed by atoms with Gasteiger partial charge >= 0.3 is 0 Å². The zero-order valence-corrected chi connectivity index (χ0v) is 14.2. The van der Waals surface area contributed by atoms with Crippen LogP contribution in [0.3, 0.4) is 0 Å². The van der Waals surface area contributed by atoms with Gasteiger partial charge in [-0.25, -0.2) is 15.8 Å². The summed E-state index contributed by atoms with van der Waals surface area (Å²) in [6.45, 7) is 13.1. The highest BCUT2D eigenvalue weighted by Gasteiger charge is 2.22. The molecule has 1 rings (SSSR count). The lowest BCUT2D eigenvalue weighted by Gasteiger charge is -2.25. The van der Waals surface area contributed by atoms with Crippen molar-refractivity contribution in [1.29, 1.82) is 0 Å². The molecule has 1 atom stereocenters. The minimum Gasteiger partial charge on any atom is -0.383 e. The van der Waals surface area contributed by atoms with Gasteiger partial charge in [0.25, 0.3) is 0 Å². The van der Waals surface area contributed by atoms with E-state index in [-0.39, 0.29) is 11.5 Å². The van der Waals surface area contributed by atoms with Crippen molar-refractivity contribution in [2.45, 2.75) is 53.0 Å². The maximum absolute atomic E-state index is 5.59. The second-order valence-electron chi connectivity index (χ2n) is 6.71. The van der Waals surface area contributed by atoms with Gasteiger partial charge in [-0.3, -0.25) is 0 Å². The van der Waals surface area contributed by atoms with Crippen molar-refractivity contribution in [2.24, 2.45) is 11.8 Å². The number of nitrogens with one attached hydrogen (secondary N) is 2. The summed E-state index contributed by atoms with van der Waals surface area (Å²) >= 11 is 0. The number of nitrogens with two attached hydrogens (primary N) is 1. The number of hydrogen-bond donors (Lipinski definition) is 3. The average molecular weight is 295 g/mol. The molecule has 0 radical (unpaired) electrons. The fourth-order valence-electron chi connectivity index (χ4n) is 1.89. The summed E-state index contributed by atoms with van der Waals surface area (Å²) in [6.07, 6.45) is 0. The predicted octanol–water partition coefficient (Wildman–Crippen LogP) is 2.45. The van der Waals surface area contributed by atoms with Gasteiger partial charge in [-0.05, 0) is 12.8 Å². The van der Waals surface area contributed by atoms with Crippen molar-refractivity contribution in [3.8, 4) is 0 Å². The molecule has 0 aliphatic carbocycles. The molecule has 6 nitrogen and oxygen atoms in total. The molecule has 4 N–H and O–H groups in total. The number of rotatable bonds is 6. The van der Waals surface area contributed by atoms with Crippen LogP contribution in [0, 0.1) is 12.8 Å². The lowest BCUT2D eigenvalue weighted by Crippen LogP contribution is -2.32. The number of aromatic nitrogens is 2. The van der Waals surface area contributed by atoms with Gasteiger partial charge in [0.15, 0.2) is 0 Å². The number of ether oxygens (including phenoxy) is 1. The maximum atomic E-state index is 5.59. The van der Waals surface area contributed by atoms with Crippen LogP contribution in [0.4, 0.5) is 11.6 Å². The van der Waals surface area contributed by atoms with Crippen molar-refractivity contribution in [3.63, 3.8) is 0 Å². The summed E-state index contributed by atoms with van der Waals surface area (Å²) in [4.78, 5) is 9.19. The molecule has 0 amide bonds. The number of nitrogens with zero attached hydrogens (tertiary/aromatic N) is 2. The highest BCUT2D eigenvalue weighted by molar-refractivity contribution is 5.57. The highest BCUT2D eigenvalue weighted by Crippen LogP contribution is 2.26. The van der Waals surface area contributed by atoms with Crippen LogP contribution in [0.25, 0.3) is 0 Å². The van der Waals surface area contributed by atoms with Gasteiger partial charge in [-0.2, -0.15) is 0 Å². The van der Waals surface area contributed by atoms with Gasteiger partial charge in [0.05, 0.1) is 12.6 Å². The van der Waals surface area contributed by atoms with Crippen molar-refractivity contribution >= 4 is 11.6 Å². The van der Waals surface area contributed by atoms with E-state index in [0.717, 1.165) is 17.2 Å². The molecule has 0 bridgehead atoms. The summed E-state index contributed by atoms with van der Waals surface area (Å²) in [5.41, 5.74) is 3.42. The highest BCUT2D eigenvalue weighted by atomic mass is 16.5. The van der Waals surface area contributed by atoms with Crippen molar-refractivity contribution in [3.05, 3.63) is 11.4 Å². The Kier molecular flexibility index (Phi) is 5.92. The largest absolute Gasteiger partial charge is 0.383 e. The van der Waals surface area contributed by atoms with Crippen LogP contribution in [0.15, 0.2) is 0 Å². The molecular formula is C15H29N5O. The smallest absolute Gasteiger partial charge is 0.148 e. The van der Waals surface area contributed by atoms with E-state index in [4.69, 9.17) is 10.6 Å². The Morgan fingerprint density at radius 3 is 2.19 bits per heavy atom. The van der Waals surface area contributed by atoms with E-state index in [9.17, 15) is 0 Å². The first-order valence-electron chi connectivity index (χ1n) is 7.31. The summed E-state index contributed by atoms with van der Waals surface area (Å²) in [7, 11) is 1.71. The Morgan fingerprint density at radius 2 is 1.76 bits per heavy atom. The first-order valence-corrected chi connectivity index (χ1v) is 7.31. The van der Waals surface area contributed by atoms with E-state index < -0.39 is 0 Å². The van der Waals surface area contributed by atoms with Crippen molar-refractivity contribution in [2.75, 3.05) is 24.5 Å². The normalized spacial score (nSPS) is 13.4. The molecule has 6 heteroatoms. The van der Waals surface area contributed by atoms with Gasteiger partial charge in [0.1, 0.15) is 17.5 Å². The van der Waals surface area contributed by atoms with Gasteiger partial charge in [0, 0.05) is 18.1 Å². The average Bonchev–Trinajstić information content (AvgIpc) is 2.38. The van der Waals surface area contributed by atoms with Crippen LogP contribution >= 0.6 is 0 Å². The van der Waals surface area contributed by atoms with E-state index in [2.05, 4.69) is 55.3 Å². The first kappa shape index (κ1) is 17.7. The molecule has 1 heterocycles. The molecule has 0 fully saturated rings. The van der Waals surface area contributed by atoms with Crippen molar-refractivity contribution < 1.29 is 4.74 Å². The zero-order chi connectivity index (χ0) is 16.2. The molecule has 1 unspecified atom stereocenters. The molecule has 1 aromatic heterocycles. The molecule has 1 aromatic rings. The zero-order valence-electron chi connectivity index (χ0n) is 14.2. The van der Waals surface area contributed by atoms with E-state index in [0.29, 0.717) is 18.3 Å². The molecule has 0 aromatic carbocycles. The van der Waals surface area contributed by atoms with Crippen LogP contribution in [0.1, 0.15) is 46.0 Å². The fraction of sp³-hybridized carbons (Fsp3) is 0.733. The number of anilines is 2. The maximum Gasteiger partial charge on any atom is 0.148 e. The third-order valence-corrected chi connectivity index (χ3v) is 3.43. The van der Waals surface area contributed by atoms with Gasteiger partial charge in [-0.15, -0.1) is 0 Å². The third-order valence-electron chi connectivity index (χ3n) is 3.43. The quantitative estimate of drug-likeness (QED) is 0.552. The third kappa shape index (κ3) is 4.54. The number of hydrogen-bond acceptors (Lipinski definition) is 6. The van der Waals surface area contributed by atoms with Gasteiger partial charge in [-0.1, -0.05) is 34.6 Å². The van der Waals surface area contributed by atoms with Crippen LogP contribution in [-0.4, -0.2) is 29.7 Å². The van der Waals surface area contributed by atoms with Gasteiger partial charge in [0.2, 0.25) is 0 Å². The number of nitrogen functional groups attached to an aromatic ring is 1. The Balaban J connectivity index is 3.21. The Labute approximate surface area is 127 Å². The topological polar surface area (TPSA) is 85.1 Å². The molecule has 0 aliphatic rings. The SMILES string of the molecule is COCC(Nc1nc(C(C)(C)C)nc(NN)c1C)C(C)C. The first-order chi connectivity index (χ1) is 9.70. The number of hydrazine groups is 1. The molecule has 0 saturated carbocycles. The second kappa shape index (κ2) is 7.04. The molecule has 0 aliphatic heterocycles. The fourth-order valence-corrected chi connectivity index (χ4v) is 1.89. The number of methoxy groups -OCH3 is 1. The Morgan fingerprint density at radius 1 is 1.19 bits per heavy atom. The van der Waals surface area contributed by atoms with Crippen LogP contribution < -0.4 is 16.6 Å². The Bertz CT molecular complexity index is 468. The minimum absolute atomic E-state index is 0.148. The summed E-state index contributed by atoms with van der Waals surface area (Å²) < 4.78 is 5.29. The molecular weight excluding hydrogens is 266 g/mol. The lowest BCUT2D eigenvalue weighted by molar-refractivity contribution is 0.171. The molecule has 0 spiro atoms. The van der Waals surface area contributed by atoms with Crippen LogP contribution in [-0.2, 0) is 10.2 Å². The lowest BCUT2D eigenvalue weighted by atomic mass is 9.95. The second-order valence-corrected chi connectivity index (χ2v) is 6.71. The molecule has 0 saturated heterocycles.